The van der Waals surface area contributed by atoms with Crippen LogP contribution in [0.5, 0.6) is 11.5 Å². The van der Waals surface area contributed by atoms with Crippen molar-refractivity contribution in [2.24, 2.45) is 0 Å². The number of carbonyl (C=O) groups excluding carboxylic acids is 3. The molecule has 2 aliphatic rings. The molecule has 6 nitrogen and oxygen atoms in total. The third-order valence-corrected chi connectivity index (χ3v) is 3.74. The lowest BCUT2D eigenvalue weighted by atomic mass is 9.84. The van der Waals surface area contributed by atoms with E-state index in [2.05, 4.69) is 0 Å². The van der Waals surface area contributed by atoms with Crippen LogP contribution < -0.4 is 0 Å². The molecule has 6 heteroatoms. The van der Waals surface area contributed by atoms with Gasteiger partial charge in [-0.05, 0) is 25.1 Å². The molecule has 1 aromatic carbocycles. The van der Waals surface area contributed by atoms with Crippen molar-refractivity contribution >= 4 is 17.5 Å². The lowest BCUT2D eigenvalue weighted by molar-refractivity contribution is -0.143. The first-order valence-corrected chi connectivity index (χ1v) is 6.63. The van der Waals surface area contributed by atoms with E-state index in [1.54, 1.807) is 13.0 Å². The predicted octanol–water partition coefficient (Wildman–Crippen LogP) is 1.66. The number of Topliss-reactive ketones (excluding diaryl/α,β-unsaturated/α-hetero) is 1. The van der Waals surface area contributed by atoms with Crippen molar-refractivity contribution in [3.63, 3.8) is 0 Å². The Hall–Kier alpha value is -2.89. The highest BCUT2D eigenvalue weighted by molar-refractivity contribution is 6.27. The fourth-order valence-corrected chi connectivity index (χ4v) is 2.55. The van der Waals surface area contributed by atoms with Crippen LogP contribution in [0.3, 0.4) is 0 Å². The molecular weight excluding hydrogens is 288 g/mol. The van der Waals surface area contributed by atoms with E-state index in [1.807, 2.05) is 0 Å². The zero-order chi connectivity index (χ0) is 16.0. The summed E-state index contributed by atoms with van der Waals surface area (Å²) in [4.78, 5) is 36.3. The Labute approximate surface area is 125 Å². The number of allylic oxidation sites excluding steroid dienone is 1. The van der Waals surface area contributed by atoms with E-state index in [0.717, 1.165) is 18.2 Å². The van der Waals surface area contributed by atoms with Gasteiger partial charge < -0.3 is 14.9 Å². The van der Waals surface area contributed by atoms with Crippen LogP contribution in [0.15, 0.2) is 35.4 Å². The minimum absolute atomic E-state index is 0.00417. The van der Waals surface area contributed by atoms with Gasteiger partial charge >= 0.3 is 5.97 Å². The molecule has 22 heavy (non-hydrogen) atoms. The monoisotopic (exact) mass is 300 g/mol. The molecule has 1 aromatic rings. The number of cyclic esters (lactones) is 1. The molecule has 0 spiro atoms. The number of ketones is 2. The van der Waals surface area contributed by atoms with Crippen molar-refractivity contribution in [2.75, 3.05) is 0 Å². The van der Waals surface area contributed by atoms with Crippen molar-refractivity contribution in [2.45, 2.75) is 19.4 Å². The Morgan fingerprint density at radius 1 is 1.09 bits per heavy atom. The zero-order valence-electron chi connectivity index (χ0n) is 11.6. The highest BCUT2D eigenvalue weighted by Crippen LogP contribution is 2.36. The Morgan fingerprint density at radius 3 is 2.36 bits per heavy atom. The van der Waals surface area contributed by atoms with E-state index in [0.29, 0.717) is 5.57 Å². The second-order valence-electron chi connectivity index (χ2n) is 5.16. The average molecular weight is 300 g/mol. The average Bonchev–Trinajstić information content (AvgIpc) is 2.48. The molecule has 2 N–H and O–H groups in total. The van der Waals surface area contributed by atoms with Gasteiger partial charge in [0.25, 0.3) is 0 Å². The summed E-state index contributed by atoms with van der Waals surface area (Å²) in [6.45, 7) is 1.60. The summed E-state index contributed by atoms with van der Waals surface area (Å²) in [6, 6.07) is 2.28. The first-order valence-electron chi connectivity index (χ1n) is 6.63. The first kappa shape index (κ1) is 14.1. The molecule has 3 rings (SSSR count). The second-order valence-corrected chi connectivity index (χ2v) is 5.16. The normalized spacial score (nSPS) is 21.0. The van der Waals surface area contributed by atoms with Gasteiger partial charge in [0, 0.05) is 17.6 Å². The van der Waals surface area contributed by atoms with Crippen LogP contribution >= 0.6 is 0 Å². The van der Waals surface area contributed by atoms with Gasteiger partial charge in [0.2, 0.25) is 0 Å². The Balaban J connectivity index is 2.07. The molecule has 0 amide bonds. The maximum atomic E-state index is 12.5. The van der Waals surface area contributed by atoms with Crippen molar-refractivity contribution in [3.8, 4) is 11.5 Å². The van der Waals surface area contributed by atoms with Gasteiger partial charge in [0.15, 0.2) is 11.6 Å². The molecule has 112 valence electrons. The standard InChI is InChI=1S/C16H12O6/c1-7-2-5-12(22-16(7)21)8-6-11(19)13-9(17)3-4-10(18)14(13)15(8)20/h2-4,6,12,17-18H,5H2,1H3. The van der Waals surface area contributed by atoms with Crippen molar-refractivity contribution in [1.29, 1.82) is 0 Å². The first-order chi connectivity index (χ1) is 10.4. The Morgan fingerprint density at radius 2 is 1.73 bits per heavy atom. The van der Waals surface area contributed by atoms with E-state index < -0.39 is 29.4 Å². The number of fused-ring (bicyclic) bond motifs is 1. The predicted molar refractivity (Wildman–Crippen MR) is 74.8 cm³/mol. The van der Waals surface area contributed by atoms with Crippen LogP contribution in [0.25, 0.3) is 0 Å². The topological polar surface area (TPSA) is 101 Å². The van der Waals surface area contributed by atoms with Crippen LogP contribution in [-0.4, -0.2) is 33.9 Å². The molecule has 1 heterocycles. The van der Waals surface area contributed by atoms with Gasteiger partial charge in [-0.2, -0.15) is 0 Å². The van der Waals surface area contributed by atoms with Gasteiger partial charge in [-0.1, -0.05) is 6.08 Å². The van der Waals surface area contributed by atoms with E-state index >= 15 is 0 Å². The number of rotatable bonds is 1. The summed E-state index contributed by atoms with van der Waals surface area (Å²) in [5.74, 6) is -2.57. The third kappa shape index (κ3) is 2.00. The van der Waals surface area contributed by atoms with Crippen molar-refractivity contribution < 1.29 is 29.3 Å². The molecule has 1 unspecified atom stereocenters. The van der Waals surface area contributed by atoms with Crippen LogP contribution in [0.2, 0.25) is 0 Å². The molecule has 0 fully saturated rings. The van der Waals surface area contributed by atoms with Crippen molar-refractivity contribution in [1.82, 2.24) is 0 Å². The zero-order valence-corrected chi connectivity index (χ0v) is 11.6. The van der Waals surface area contributed by atoms with Gasteiger partial charge in [0.05, 0.1) is 11.1 Å². The fourth-order valence-electron chi connectivity index (χ4n) is 2.55. The number of hydrogen-bond donors (Lipinski definition) is 2. The minimum atomic E-state index is -0.873. The molecule has 0 saturated carbocycles. The van der Waals surface area contributed by atoms with Gasteiger partial charge in [-0.3, -0.25) is 9.59 Å². The molecule has 0 saturated heterocycles. The fraction of sp³-hybridized carbons (Fsp3) is 0.188. The Kier molecular flexibility index (Phi) is 3.09. The van der Waals surface area contributed by atoms with Crippen LogP contribution in [0, 0.1) is 0 Å². The quantitative estimate of drug-likeness (QED) is 0.604. The lowest BCUT2D eigenvalue weighted by Gasteiger charge is -2.25. The smallest absolute Gasteiger partial charge is 0.334 e. The maximum Gasteiger partial charge on any atom is 0.334 e. The van der Waals surface area contributed by atoms with Gasteiger partial charge in [-0.25, -0.2) is 4.79 Å². The van der Waals surface area contributed by atoms with Crippen LogP contribution in [0.4, 0.5) is 0 Å². The van der Waals surface area contributed by atoms with E-state index in [1.165, 1.54) is 0 Å². The number of esters is 1. The third-order valence-electron chi connectivity index (χ3n) is 3.74. The van der Waals surface area contributed by atoms with E-state index in [-0.39, 0.29) is 28.9 Å². The van der Waals surface area contributed by atoms with E-state index in [4.69, 9.17) is 4.74 Å². The van der Waals surface area contributed by atoms with Crippen LogP contribution in [-0.2, 0) is 9.53 Å². The van der Waals surface area contributed by atoms with Crippen LogP contribution in [0.1, 0.15) is 34.1 Å². The number of benzene rings is 1. The van der Waals surface area contributed by atoms with Gasteiger partial charge in [-0.15, -0.1) is 0 Å². The molecule has 0 aromatic heterocycles. The number of hydrogen-bond acceptors (Lipinski definition) is 6. The molecule has 0 radical (unpaired) electrons. The number of aromatic hydroxyl groups is 2. The molecular formula is C16H12O6. The summed E-state index contributed by atoms with van der Waals surface area (Å²) < 4.78 is 5.15. The minimum Gasteiger partial charge on any atom is -0.507 e. The number of phenolic OH excluding ortho intramolecular Hbond substituents is 2. The molecule has 0 bridgehead atoms. The summed E-state index contributed by atoms with van der Waals surface area (Å²) in [6.07, 6.45) is 2.09. The van der Waals surface area contributed by atoms with E-state index in [9.17, 15) is 24.6 Å². The summed E-state index contributed by atoms with van der Waals surface area (Å²) in [5.41, 5.74) is -0.0599. The molecule has 1 atom stereocenters. The van der Waals surface area contributed by atoms with Crippen molar-refractivity contribution in [3.05, 3.63) is 46.6 Å². The summed E-state index contributed by atoms with van der Waals surface area (Å²) in [7, 11) is 0. The summed E-state index contributed by atoms with van der Waals surface area (Å²) >= 11 is 0. The summed E-state index contributed by atoms with van der Waals surface area (Å²) in [5, 5.41) is 19.6. The maximum absolute atomic E-state index is 12.5. The second kappa shape index (κ2) is 4.84. The Bertz CT molecular complexity index is 784. The van der Waals surface area contributed by atoms with Gasteiger partial charge in [0.1, 0.15) is 17.6 Å². The number of carbonyl (C=O) groups is 3. The largest absolute Gasteiger partial charge is 0.507 e. The molecule has 1 aliphatic heterocycles. The number of phenols is 2. The highest BCUT2D eigenvalue weighted by Gasteiger charge is 2.36. The number of ether oxygens (including phenoxy) is 1. The SMILES string of the molecule is CC1=CCC(C2=CC(=O)c3c(O)ccc(O)c3C2=O)OC1=O. The lowest BCUT2D eigenvalue weighted by Crippen LogP contribution is -2.31. The molecule has 1 aliphatic carbocycles. The highest BCUT2D eigenvalue weighted by atomic mass is 16.5.